The molecule has 1 aliphatic rings. The van der Waals surface area contributed by atoms with Gasteiger partial charge in [-0.15, -0.1) is 0 Å². The van der Waals surface area contributed by atoms with Gasteiger partial charge in [-0.3, -0.25) is 9.59 Å². The molecule has 23 heavy (non-hydrogen) atoms. The predicted molar refractivity (Wildman–Crippen MR) is 90.5 cm³/mol. The molecule has 0 aliphatic carbocycles. The molecule has 0 saturated heterocycles. The molecular weight excluding hydrogens is 314 g/mol. The Kier molecular flexibility index (Phi) is 4.38. The van der Waals surface area contributed by atoms with Crippen molar-refractivity contribution in [3.8, 4) is 5.75 Å². The van der Waals surface area contributed by atoms with Crippen molar-refractivity contribution < 1.29 is 14.3 Å². The maximum atomic E-state index is 12.0. The molecule has 0 saturated carbocycles. The first-order chi connectivity index (χ1) is 11.1. The quantitative estimate of drug-likeness (QED) is 0.782. The second-order valence-electron chi connectivity index (χ2n) is 4.86. The van der Waals surface area contributed by atoms with Gasteiger partial charge >= 0.3 is 0 Å². The molecule has 1 heterocycles. The van der Waals surface area contributed by atoms with Crippen molar-refractivity contribution in [3.05, 3.63) is 54.1 Å². The number of carbonyl (C=O) groups excluding carboxylic acids is 2. The lowest BCUT2D eigenvalue weighted by Gasteiger charge is -2.12. The Morgan fingerprint density at radius 1 is 1.17 bits per heavy atom. The summed E-state index contributed by atoms with van der Waals surface area (Å²) < 4.78 is 5.67. The van der Waals surface area contributed by atoms with E-state index in [1.165, 1.54) is 11.8 Å². The smallest absolute Gasteiger partial charge is 0.250 e. The number of carbonyl (C=O) groups is 2. The van der Waals surface area contributed by atoms with Gasteiger partial charge in [-0.2, -0.15) is 0 Å². The monoisotopic (exact) mass is 329 g/mol. The molecule has 3 rings (SSSR count). The lowest BCUT2D eigenvalue weighted by molar-refractivity contribution is -0.113. The van der Waals surface area contributed by atoms with Crippen LogP contribution < -0.4 is 21.1 Å². The first-order valence-corrected chi connectivity index (χ1v) is 8.01. The molecule has 2 aromatic carbocycles. The van der Waals surface area contributed by atoms with Crippen LogP contribution >= 0.6 is 11.8 Å². The minimum absolute atomic E-state index is 0.179. The first-order valence-electron chi connectivity index (χ1n) is 6.96. The fourth-order valence-corrected chi connectivity index (χ4v) is 2.94. The van der Waals surface area contributed by atoms with Gasteiger partial charge in [-0.1, -0.05) is 36.0 Å². The van der Waals surface area contributed by atoms with Crippen LogP contribution in [0.3, 0.4) is 0 Å². The van der Waals surface area contributed by atoms with Crippen LogP contribution in [0.2, 0.25) is 0 Å². The van der Waals surface area contributed by atoms with Crippen LogP contribution in [0.15, 0.2) is 48.5 Å². The minimum Gasteiger partial charge on any atom is -0.459 e. The molecule has 1 atom stereocenters. The Bertz CT molecular complexity index is 726. The maximum absolute atomic E-state index is 12.0. The van der Waals surface area contributed by atoms with Crippen molar-refractivity contribution >= 4 is 35.0 Å². The maximum Gasteiger partial charge on any atom is 0.250 e. The van der Waals surface area contributed by atoms with E-state index in [-0.39, 0.29) is 22.8 Å². The summed E-state index contributed by atoms with van der Waals surface area (Å²) in [4.78, 5) is 23.4. The highest BCUT2D eigenvalue weighted by molar-refractivity contribution is 8.00. The molecule has 7 heteroatoms. The number of thioether (sulfide) groups is 1. The van der Waals surface area contributed by atoms with E-state index in [1.807, 2.05) is 24.3 Å². The van der Waals surface area contributed by atoms with Gasteiger partial charge < -0.3 is 21.1 Å². The van der Waals surface area contributed by atoms with Crippen LogP contribution in [-0.4, -0.2) is 23.1 Å². The summed E-state index contributed by atoms with van der Waals surface area (Å²) in [6.07, 6.45) is 0. The van der Waals surface area contributed by atoms with Gasteiger partial charge in [0, 0.05) is 0 Å². The van der Waals surface area contributed by atoms with E-state index in [2.05, 4.69) is 10.6 Å². The number of para-hydroxylation sites is 3. The van der Waals surface area contributed by atoms with Crippen molar-refractivity contribution in [3.63, 3.8) is 0 Å². The molecule has 0 spiro atoms. The van der Waals surface area contributed by atoms with Crippen molar-refractivity contribution in [1.29, 1.82) is 0 Å². The highest BCUT2D eigenvalue weighted by Crippen LogP contribution is 2.34. The molecule has 0 bridgehead atoms. The van der Waals surface area contributed by atoms with E-state index >= 15 is 0 Å². The Hall–Kier alpha value is -2.67. The normalized spacial score (nSPS) is 15.2. The van der Waals surface area contributed by atoms with E-state index in [0.29, 0.717) is 5.69 Å². The van der Waals surface area contributed by atoms with Gasteiger partial charge in [0.15, 0.2) is 0 Å². The zero-order chi connectivity index (χ0) is 16.2. The van der Waals surface area contributed by atoms with Gasteiger partial charge in [0.05, 0.1) is 22.7 Å². The van der Waals surface area contributed by atoms with E-state index < -0.39 is 5.91 Å². The van der Waals surface area contributed by atoms with Crippen molar-refractivity contribution in [2.24, 2.45) is 5.73 Å². The molecular formula is C16H15N3O3S. The molecule has 0 aromatic heterocycles. The van der Waals surface area contributed by atoms with Crippen LogP contribution in [0.25, 0.3) is 0 Å². The van der Waals surface area contributed by atoms with Crippen LogP contribution in [0.1, 0.15) is 10.4 Å². The number of nitrogens with two attached hydrogens (primary N) is 1. The Morgan fingerprint density at radius 3 is 2.70 bits per heavy atom. The van der Waals surface area contributed by atoms with Crippen molar-refractivity contribution in [1.82, 2.24) is 0 Å². The fraction of sp³-hybridized carbons (Fsp3) is 0.125. The predicted octanol–water partition coefficient (Wildman–Crippen LogP) is 2.25. The van der Waals surface area contributed by atoms with Gasteiger partial charge in [-0.25, -0.2) is 0 Å². The van der Waals surface area contributed by atoms with E-state index in [0.717, 1.165) is 11.4 Å². The number of fused-ring (bicyclic) bond motifs is 1. The van der Waals surface area contributed by atoms with Crippen LogP contribution in [0, 0.1) is 0 Å². The molecule has 0 radical (unpaired) electrons. The number of primary amides is 1. The summed E-state index contributed by atoms with van der Waals surface area (Å²) in [6.45, 7) is 0. The molecule has 2 amide bonds. The topological polar surface area (TPSA) is 93.5 Å². The highest BCUT2D eigenvalue weighted by Gasteiger charge is 2.22. The lowest BCUT2D eigenvalue weighted by atomic mass is 10.1. The second-order valence-corrected chi connectivity index (χ2v) is 5.91. The summed E-state index contributed by atoms with van der Waals surface area (Å²) in [7, 11) is 0. The third kappa shape index (κ3) is 3.57. The second kappa shape index (κ2) is 6.62. The molecule has 0 fully saturated rings. The summed E-state index contributed by atoms with van der Waals surface area (Å²) >= 11 is 1.32. The Morgan fingerprint density at radius 2 is 1.91 bits per heavy atom. The van der Waals surface area contributed by atoms with Gasteiger partial charge in [0.2, 0.25) is 11.5 Å². The zero-order valence-electron chi connectivity index (χ0n) is 12.1. The number of anilines is 2. The number of nitrogens with one attached hydrogen (secondary N) is 2. The average molecular weight is 329 g/mol. The van der Waals surface area contributed by atoms with Crippen LogP contribution in [0.5, 0.6) is 5.75 Å². The Labute approximate surface area is 137 Å². The van der Waals surface area contributed by atoms with Gasteiger partial charge in [0.1, 0.15) is 5.75 Å². The van der Waals surface area contributed by atoms with E-state index in [4.69, 9.17) is 10.5 Å². The summed E-state index contributed by atoms with van der Waals surface area (Å²) in [5.41, 5.74) is 6.58. The molecule has 118 valence electrons. The molecule has 6 nitrogen and oxygen atoms in total. The van der Waals surface area contributed by atoms with E-state index in [9.17, 15) is 9.59 Å². The number of hydrogen-bond acceptors (Lipinski definition) is 5. The summed E-state index contributed by atoms with van der Waals surface area (Å²) in [6, 6.07) is 14.2. The summed E-state index contributed by atoms with van der Waals surface area (Å²) in [5, 5.41) is 5.86. The van der Waals surface area contributed by atoms with Crippen molar-refractivity contribution in [2.75, 3.05) is 16.4 Å². The largest absolute Gasteiger partial charge is 0.459 e. The van der Waals surface area contributed by atoms with Crippen molar-refractivity contribution in [2.45, 2.75) is 5.56 Å². The number of rotatable bonds is 5. The third-order valence-corrected chi connectivity index (χ3v) is 4.17. The van der Waals surface area contributed by atoms with Gasteiger partial charge in [0.25, 0.3) is 5.91 Å². The fourth-order valence-electron chi connectivity index (χ4n) is 2.18. The highest BCUT2D eigenvalue weighted by atomic mass is 32.2. The third-order valence-electron chi connectivity index (χ3n) is 3.23. The number of benzene rings is 2. The van der Waals surface area contributed by atoms with E-state index in [1.54, 1.807) is 24.3 Å². The number of amides is 2. The molecule has 1 aliphatic heterocycles. The first kappa shape index (κ1) is 15.2. The number of ether oxygens (including phenoxy) is 1. The SMILES string of the molecule is NC(=O)c1ccccc1NC(=O)CSC1Nc2ccccc2O1. The van der Waals surface area contributed by atoms with Crippen LogP contribution in [-0.2, 0) is 4.79 Å². The average Bonchev–Trinajstić information content (AvgIpc) is 2.96. The molecule has 1 unspecified atom stereocenters. The van der Waals surface area contributed by atoms with Crippen LogP contribution in [0.4, 0.5) is 11.4 Å². The molecule has 2 aromatic rings. The number of hydrogen-bond donors (Lipinski definition) is 3. The Balaban J connectivity index is 1.54. The summed E-state index contributed by atoms with van der Waals surface area (Å²) in [5.74, 6) is 0.137. The standard InChI is InChI=1S/C16H15N3O3S/c17-15(21)10-5-1-2-6-11(10)18-14(20)9-23-16-19-12-7-3-4-8-13(12)22-16/h1-8,16,19H,9H2,(H2,17,21)(H,18,20). The zero-order valence-corrected chi connectivity index (χ0v) is 12.9. The lowest BCUT2D eigenvalue weighted by Crippen LogP contribution is -2.23. The molecule has 4 N–H and O–H groups in total. The van der Waals surface area contributed by atoms with Gasteiger partial charge in [-0.05, 0) is 24.3 Å². The minimum atomic E-state index is -0.579.